The standard InChI is InChI=1S/C17H18BrNOS/c1-10(2)13-6-4-11(3)8-16(13)20-15-7-5-12(18)9-14(15)17(19)21/h4-10H,1-3H3,(H2,19,21). The Kier molecular flexibility index (Phi) is 5.01. The molecule has 21 heavy (non-hydrogen) atoms. The molecule has 2 nitrogen and oxygen atoms in total. The highest BCUT2D eigenvalue weighted by molar-refractivity contribution is 9.10. The zero-order chi connectivity index (χ0) is 15.6. The summed E-state index contributed by atoms with van der Waals surface area (Å²) in [5.74, 6) is 1.91. The van der Waals surface area contributed by atoms with E-state index < -0.39 is 0 Å². The van der Waals surface area contributed by atoms with E-state index in [2.05, 4.69) is 41.9 Å². The lowest BCUT2D eigenvalue weighted by Gasteiger charge is -2.16. The highest BCUT2D eigenvalue weighted by Gasteiger charge is 2.13. The Balaban J connectivity index is 2.47. The van der Waals surface area contributed by atoms with Gasteiger partial charge in [0.2, 0.25) is 0 Å². The number of benzene rings is 2. The Morgan fingerprint density at radius 3 is 2.48 bits per heavy atom. The van der Waals surface area contributed by atoms with Crippen molar-refractivity contribution in [2.45, 2.75) is 26.7 Å². The maximum atomic E-state index is 6.11. The zero-order valence-electron chi connectivity index (χ0n) is 12.3. The fraction of sp³-hybridized carbons (Fsp3) is 0.235. The molecule has 110 valence electrons. The second-order valence-electron chi connectivity index (χ2n) is 5.30. The van der Waals surface area contributed by atoms with Crippen molar-refractivity contribution in [3.05, 3.63) is 57.6 Å². The monoisotopic (exact) mass is 363 g/mol. The molecule has 0 aliphatic carbocycles. The molecule has 0 fully saturated rings. The summed E-state index contributed by atoms with van der Waals surface area (Å²) in [6, 6.07) is 11.9. The third-order valence-electron chi connectivity index (χ3n) is 3.22. The second-order valence-corrected chi connectivity index (χ2v) is 6.66. The first-order valence-corrected chi connectivity index (χ1v) is 7.96. The van der Waals surface area contributed by atoms with E-state index in [1.165, 1.54) is 0 Å². The lowest BCUT2D eigenvalue weighted by Crippen LogP contribution is -2.11. The molecule has 2 N–H and O–H groups in total. The van der Waals surface area contributed by atoms with Crippen molar-refractivity contribution >= 4 is 33.1 Å². The Morgan fingerprint density at radius 2 is 1.86 bits per heavy atom. The van der Waals surface area contributed by atoms with Gasteiger partial charge in [-0.1, -0.05) is 54.1 Å². The SMILES string of the molecule is Cc1ccc(C(C)C)c(Oc2ccc(Br)cc2C(N)=S)c1. The lowest BCUT2D eigenvalue weighted by atomic mass is 10.0. The average Bonchev–Trinajstić information content (AvgIpc) is 2.40. The summed E-state index contributed by atoms with van der Waals surface area (Å²) in [5, 5.41) is 0. The number of halogens is 1. The Bertz CT molecular complexity index is 682. The summed E-state index contributed by atoms with van der Waals surface area (Å²) < 4.78 is 7.03. The molecule has 0 amide bonds. The van der Waals surface area contributed by atoms with Gasteiger partial charge in [0.1, 0.15) is 16.5 Å². The maximum Gasteiger partial charge on any atom is 0.137 e. The van der Waals surface area contributed by atoms with Gasteiger partial charge < -0.3 is 10.5 Å². The summed E-state index contributed by atoms with van der Waals surface area (Å²) in [6.45, 7) is 6.34. The smallest absolute Gasteiger partial charge is 0.137 e. The van der Waals surface area contributed by atoms with Crippen molar-refractivity contribution < 1.29 is 4.74 Å². The van der Waals surface area contributed by atoms with E-state index in [9.17, 15) is 0 Å². The molecular weight excluding hydrogens is 346 g/mol. The number of thiocarbonyl (C=S) groups is 1. The molecule has 0 saturated heterocycles. The largest absolute Gasteiger partial charge is 0.456 e. The number of rotatable bonds is 4. The zero-order valence-corrected chi connectivity index (χ0v) is 14.7. The Labute approximate surface area is 139 Å². The molecule has 0 aliphatic rings. The van der Waals surface area contributed by atoms with Crippen LogP contribution in [-0.4, -0.2) is 4.99 Å². The first kappa shape index (κ1) is 16.0. The summed E-state index contributed by atoms with van der Waals surface area (Å²) in [6.07, 6.45) is 0. The summed E-state index contributed by atoms with van der Waals surface area (Å²) in [4.78, 5) is 0.324. The predicted octanol–water partition coefficient (Wildman–Crippen LogP) is 5.31. The molecule has 0 unspecified atom stereocenters. The van der Waals surface area contributed by atoms with Crippen LogP contribution in [0.3, 0.4) is 0 Å². The third kappa shape index (κ3) is 3.83. The molecule has 0 aliphatic heterocycles. The van der Waals surface area contributed by atoms with Crippen LogP contribution in [0.5, 0.6) is 11.5 Å². The normalized spacial score (nSPS) is 10.7. The first-order chi connectivity index (χ1) is 9.88. The van der Waals surface area contributed by atoms with Crippen molar-refractivity contribution in [3.8, 4) is 11.5 Å². The van der Waals surface area contributed by atoms with Gasteiger partial charge in [0.15, 0.2) is 0 Å². The molecule has 0 radical (unpaired) electrons. The van der Waals surface area contributed by atoms with Gasteiger partial charge in [-0.25, -0.2) is 0 Å². The van der Waals surface area contributed by atoms with Crippen LogP contribution >= 0.6 is 28.1 Å². The highest BCUT2D eigenvalue weighted by atomic mass is 79.9. The van der Waals surface area contributed by atoms with E-state index in [1.54, 1.807) is 0 Å². The van der Waals surface area contributed by atoms with Crippen LogP contribution in [0.2, 0.25) is 0 Å². The van der Waals surface area contributed by atoms with E-state index >= 15 is 0 Å². The van der Waals surface area contributed by atoms with Gasteiger partial charge in [0.25, 0.3) is 0 Å². The summed E-state index contributed by atoms with van der Waals surface area (Å²) >= 11 is 8.54. The second kappa shape index (κ2) is 6.58. The van der Waals surface area contributed by atoms with E-state index in [1.807, 2.05) is 31.2 Å². The fourth-order valence-corrected chi connectivity index (χ4v) is 2.63. The molecule has 0 heterocycles. The van der Waals surface area contributed by atoms with Gasteiger partial charge in [-0.15, -0.1) is 0 Å². The molecule has 4 heteroatoms. The molecule has 2 aromatic carbocycles. The lowest BCUT2D eigenvalue weighted by molar-refractivity contribution is 0.471. The minimum absolute atomic E-state index is 0.324. The number of nitrogens with two attached hydrogens (primary N) is 1. The van der Waals surface area contributed by atoms with Crippen LogP contribution < -0.4 is 10.5 Å². The fourth-order valence-electron chi connectivity index (χ4n) is 2.11. The number of aryl methyl sites for hydroxylation is 1. The Morgan fingerprint density at radius 1 is 1.14 bits per heavy atom. The predicted molar refractivity (Wildman–Crippen MR) is 95.4 cm³/mol. The minimum Gasteiger partial charge on any atom is -0.456 e. The Hall–Kier alpha value is -1.39. The van der Waals surface area contributed by atoms with E-state index in [0.717, 1.165) is 26.9 Å². The van der Waals surface area contributed by atoms with E-state index in [4.69, 9.17) is 22.7 Å². The van der Waals surface area contributed by atoms with Crippen LogP contribution in [0.1, 0.15) is 36.5 Å². The number of hydrogen-bond acceptors (Lipinski definition) is 2. The number of ether oxygens (including phenoxy) is 1. The molecule has 0 aromatic heterocycles. The molecule has 0 bridgehead atoms. The topological polar surface area (TPSA) is 35.2 Å². The number of hydrogen-bond donors (Lipinski definition) is 1. The van der Waals surface area contributed by atoms with Gasteiger partial charge >= 0.3 is 0 Å². The van der Waals surface area contributed by atoms with Crippen LogP contribution in [0.15, 0.2) is 40.9 Å². The van der Waals surface area contributed by atoms with Gasteiger partial charge in [-0.05, 0) is 48.2 Å². The summed E-state index contributed by atoms with van der Waals surface area (Å²) in [5.41, 5.74) is 8.85. The minimum atomic E-state index is 0.324. The maximum absolute atomic E-state index is 6.11. The molecule has 2 aromatic rings. The van der Waals surface area contributed by atoms with Crippen LogP contribution in [0.25, 0.3) is 0 Å². The van der Waals surface area contributed by atoms with Crippen molar-refractivity contribution in [3.63, 3.8) is 0 Å². The van der Waals surface area contributed by atoms with Crippen molar-refractivity contribution in [2.24, 2.45) is 5.73 Å². The van der Waals surface area contributed by atoms with Gasteiger partial charge in [-0.3, -0.25) is 0 Å². The summed E-state index contributed by atoms with van der Waals surface area (Å²) in [7, 11) is 0. The van der Waals surface area contributed by atoms with Crippen LogP contribution in [0, 0.1) is 6.92 Å². The molecule has 2 rings (SSSR count). The van der Waals surface area contributed by atoms with E-state index in [0.29, 0.717) is 16.7 Å². The third-order valence-corrected chi connectivity index (χ3v) is 3.93. The van der Waals surface area contributed by atoms with Crippen molar-refractivity contribution in [1.82, 2.24) is 0 Å². The first-order valence-electron chi connectivity index (χ1n) is 6.76. The molecule has 0 spiro atoms. The van der Waals surface area contributed by atoms with Gasteiger partial charge in [0.05, 0.1) is 5.56 Å². The van der Waals surface area contributed by atoms with Crippen LogP contribution in [-0.2, 0) is 0 Å². The highest BCUT2D eigenvalue weighted by Crippen LogP contribution is 2.34. The quantitative estimate of drug-likeness (QED) is 0.747. The van der Waals surface area contributed by atoms with Crippen molar-refractivity contribution in [2.75, 3.05) is 0 Å². The van der Waals surface area contributed by atoms with Crippen LogP contribution in [0.4, 0.5) is 0 Å². The van der Waals surface area contributed by atoms with Crippen molar-refractivity contribution in [1.29, 1.82) is 0 Å². The van der Waals surface area contributed by atoms with Gasteiger partial charge in [0, 0.05) is 4.47 Å². The van der Waals surface area contributed by atoms with E-state index in [-0.39, 0.29) is 0 Å². The van der Waals surface area contributed by atoms with Gasteiger partial charge in [-0.2, -0.15) is 0 Å². The molecule has 0 saturated carbocycles. The molecular formula is C17H18BrNOS. The average molecular weight is 364 g/mol. The molecule has 0 atom stereocenters.